The van der Waals surface area contributed by atoms with Gasteiger partial charge in [-0.15, -0.1) is 0 Å². The van der Waals surface area contributed by atoms with E-state index in [2.05, 4.69) is 47.6 Å². The summed E-state index contributed by atoms with van der Waals surface area (Å²) in [6, 6.07) is 0. The third kappa shape index (κ3) is 7.17. The van der Waals surface area contributed by atoms with Gasteiger partial charge in [-0.1, -0.05) is 111 Å². The molecular weight excluding hydrogens is 476 g/mol. The van der Waals surface area contributed by atoms with Gasteiger partial charge in [0.05, 0.1) is 0 Å². The van der Waals surface area contributed by atoms with Gasteiger partial charge < -0.3 is 4.74 Å². The molecule has 0 saturated heterocycles. The van der Waals surface area contributed by atoms with Crippen LogP contribution in [0.4, 0.5) is 0 Å². The number of esters is 1. The summed E-state index contributed by atoms with van der Waals surface area (Å²) >= 11 is 0. The number of allylic oxidation sites excluding steroid dienone is 1. The summed E-state index contributed by atoms with van der Waals surface area (Å²) < 4.78 is 6.06. The molecule has 4 aliphatic rings. The first-order chi connectivity index (χ1) is 18.7. The topological polar surface area (TPSA) is 26.3 Å². The summed E-state index contributed by atoms with van der Waals surface area (Å²) in [5.74, 6) is 5.34. The molecule has 3 saturated carbocycles. The maximum Gasteiger partial charge on any atom is 0.306 e. The van der Waals surface area contributed by atoms with Crippen molar-refractivity contribution in [2.45, 2.75) is 170 Å². The Morgan fingerprint density at radius 2 is 1.64 bits per heavy atom. The molecule has 4 rings (SSSR count). The van der Waals surface area contributed by atoms with E-state index in [0.717, 1.165) is 54.8 Å². The van der Waals surface area contributed by atoms with E-state index in [0.29, 0.717) is 17.3 Å². The van der Waals surface area contributed by atoms with E-state index in [4.69, 9.17) is 4.74 Å². The van der Waals surface area contributed by atoms with E-state index in [9.17, 15) is 4.79 Å². The molecule has 0 bridgehead atoms. The van der Waals surface area contributed by atoms with Crippen LogP contribution >= 0.6 is 0 Å². The zero-order valence-electron chi connectivity index (χ0n) is 26.9. The van der Waals surface area contributed by atoms with Crippen LogP contribution in [0.5, 0.6) is 0 Å². The van der Waals surface area contributed by atoms with E-state index >= 15 is 0 Å². The third-order valence-electron chi connectivity index (χ3n) is 12.5. The summed E-state index contributed by atoms with van der Waals surface area (Å²) in [6.45, 7) is 14.9. The van der Waals surface area contributed by atoms with Gasteiger partial charge in [-0.25, -0.2) is 0 Å². The molecule has 39 heavy (non-hydrogen) atoms. The molecule has 0 heterocycles. The second kappa shape index (κ2) is 13.9. The predicted molar refractivity (Wildman–Crippen MR) is 166 cm³/mol. The Labute approximate surface area is 242 Å². The van der Waals surface area contributed by atoms with Gasteiger partial charge >= 0.3 is 5.97 Å². The van der Waals surface area contributed by atoms with Crippen molar-refractivity contribution in [1.29, 1.82) is 0 Å². The minimum atomic E-state index is 0.0550. The van der Waals surface area contributed by atoms with E-state index < -0.39 is 0 Å². The fourth-order valence-electron chi connectivity index (χ4n) is 10.2. The van der Waals surface area contributed by atoms with Crippen LogP contribution < -0.4 is 0 Å². The highest BCUT2D eigenvalue weighted by Gasteiger charge is 2.59. The van der Waals surface area contributed by atoms with Gasteiger partial charge in [0.25, 0.3) is 0 Å². The molecule has 4 aliphatic carbocycles. The lowest BCUT2D eigenvalue weighted by Crippen LogP contribution is -2.51. The number of fused-ring (bicyclic) bond motifs is 5. The van der Waals surface area contributed by atoms with Crippen LogP contribution in [0.2, 0.25) is 0 Å². The first-order valence-electron chi connectivity index (χ1n) is 17.6. The number of unbranched alkanes of at least 4 members (excludes halogenated alkanes) is 6. The van der Waals surface area contributed by atoms with Gasteiger partial charge in [0.1, 0.15) is 6.10 Å². The SMILES string of the molecule is CCCCCCCCCC(=O)OC1CC[C@@]2(C)C(=CC[C@H]3[C@@H]4CC[C@H]([C@H](C)CCCC(C)C)[C@@]4(C)CC[C@@H]32)C1. The van der Waals surface area contributed by atoms with Gasteiger partial charge in [0.2, 0.25) is 0 Å². The van der Waals surface area contributed by atoms with Crippen molar-refractivity contribution in [3.63, 3.8) is 0 Å². The molecule has 3 fully saturated rings. The summed E-state index contributed by atoms with van der Waals surface area (Å²) in [4.78, 5) is 12.6. The highest BCUT2D eigenvalue weighted by Crippen LogP contribution is 2.67. The van der Waals surface area contributed by atoms with Crippen molar-refractivity contribution in [3.05, 3.63) is 11.6 Å². The molecular formula is C37H64O2. The average Bonchev–Trinajstić information content (AvgIpc) is 3.25. The summed E-state index contributed by atoms with van der Waals surface area (Å²) in [5, 5.41) is 0. The number of hydrogen-bond donors (Lipinski definition) is 0. The largest absolute Gasteiger partial charge is 0.462 e. The first kappa shape index (κ1) is 31.2. The summed E-state index contributed by atoms with van der Waals surface area (Å²) in [5.41, 5.74) is 2.54. The lowest BCUT2D eigenvalue weighted by atomic mass is 9.47. The third-order valence-corrected chi connectivity index (χ3v) is 12.5. The quantitative estimate of drug-likeness (QED) is 0.124. The van der Waals surface area contributed by atoms with Crippen molar-refractivity contribution in [2.75, 3.05) is 0 Å². The monoisotopic (exact) mass is 540 g/mol. The van der Waals surface area contributed by atoms with E-state index in [1.54, 1.807) is 5.57 Å². The van der Waals surface area contributed by atoms with Crippen molar-refractivity contribution in [3.8, 4) is 0 Å². The van der Waals surface area contributed by atoms with Gasteiger partial charge in [-0.3, -0.25) is 4.79 Å². The number of carbonyl (C=O) groups is 1. The molecule has 0 amide bonds. The molecule has 0 aromatic heterocycles. The van der Waals surface area contributed by atoms with Crippen LogP contribution in [-0.4, -0.2) is 12.1 Å². The molecule has 0 radical (unpaired) electrons. The van der Waals surface area contributed by atoms with Gasteiger partial charge in [-0.2, -0.15) is 0 Å². The normalized spacial score (nSPS) is 36.6. The molecule has 2 heteroatoms. The second-order valence-corrected chi connectivity index (χ2v) is 15.5. The Kier molecular flexibility index (Phi) is 11.1. The van der Waals surface area contributed by atoms with Crippen LogP contribution in [0.1, 0.15) is 164 Å². The molecule has 224 valence electrons. The van der Waals surface area contributed by atoms with Gasteiger partial charge in [0, 0.05) is 12.8 Å². The number of ether oxygens (including phenoxy) is 1. The minimum absolute atomic E-state index is 0.0550. The zero-order valence-corrected chi connectivity index (χ0v) is 26.9. The van der Waals surface area contributed by atoms with Crippen LogP contribution in [0.25, 0.3) is 0 Å². The standard InChI is InChI=1S/C37H64O2/c1-7-8-9-10-11-12-13-17-35(38)39-30-22-24-36(5)29(26-30)18-19-31-33-21-20-32(28(4)16-14-15-27(2)3)37(33,6)25-23-34(31)36/h18,27-28,30-34H,7-17,19-26H2,1-6H3/t28-,30?,31+,32-,33+,34+,36+,37-/m1/s1. The number of hydrogen-bond acceptors (Lipinski definition) is 2. The Bertz CT molecular complexity index is 812. The highest BCUT2D eigenvalue weighted by molar-refractivity contribution is 5.69. The fraction of sp³-hybridized carbons (Fsp3) is 0.919. The molecule has 0 spiro atoms. The smallest absolute Gasteiger partial charge is 0.306 e. The summed E-state index contributed by atoms with van der Waals surface area (Å²) in [6.07, 6.45) is 26.7. The predicted octanol–water partition coefficient (Wildman–Crippen LogP) is 11.1. The Morgan fingerprint density at radius 1 is 0.897 bits per heavy atom. The molecule has 1 unspecified atom stereocenters. The molecule has 0 aromatic rings. The Hall–Kier alpha value is -0.790. The molecule has 2 nitrogen and oxygen atoms in total. The van der Waals surface area contributed by atoms with Crippen LogP contribution in [0.3, 0.4) is 0 Å². The van der Waals surface area contributed by atoms with E-state index in [1.807, 2.05) is 0 Å². The molecule has 8 atom stereocenters. The van der Waals surface area contributed by atoms with Crippen molar-refractivity contribution < 1.29 is 9.53 Å². The zero-order chi connectivity index (χ0) is 28.0. The van der Waals surface area contributed by atoms with Gasteiger partial charge in [0.15, 0.2) is 0 Å². The minimum Gasteiger partial charge on any atom is -0.462 e. The lowest BCUT2D eigenvalue weighted by molar-refractivity contribution is -0.151. The summed E-state index contributed by atoms with van der Waals surface area (Å²) in [7, 11) is 0. The van der Waals surface area contributed by atoms with E-state index in [-0.39, 0.29) is 12.1 Å². The first-order valence-corrected chi connectivity index (χ1v) is 17.6. The van der Waals surface area contributed by atoms with Crippen molar-refractivity contribution in [1.82, 2.24) is 0 Å². The van der Waals surface area contributed by atoms with E-state index in [1.165, 1.54) is 96.3 Å². The Morgan fingerprint density at radius 3 is 2.38 bits per heavy atom. The van der Waals surface area contributed by atoms with Crippen LogP contribution in [-0.2, 0) is 9.53 Å². The highest BCUT2D eigenvalue weighted by atomic mass is 16.5. The van der Waals surface area contributed by atoms with Gasteiger partial charge in [-0.05, 0) is 97.7 Å². The fourth-order valence-corrected chi connectivity index (χ4v) is 10.2. The maximum absolute atomic E-state index is 12.6. The van der Waals surface area contributed by atoms with Crippen LogP contribution in [0.15, 0.2) is 11.6 Å². The number of carbonyl (C=O) groups excluding carboxylic acids is 1. The molecule has 0 N–H and O–H groups in total. The number of rotatable bonds is 14. The van der Waals surface area contributed by atoms with Crippen LogP contribution in [0, 0.1) is 46.3 Å². The lowest BCUT2D eigenvalue weighted by Gasteiger charge is -2.58. The Balaban J connectivity index is 1.29. The van der Waals surface area contributed by atoms with Crippen molar-refractivity contribution >= 4 is 5.97 Å². The average molecular weight is 541 g/mol. The van der Waals surface area contributed by atoms with Crippen molar-refractivity contribution in [2.24, 2.45) is 46.3 Å². The second-order valence-electron chi connectivity index (χ2n) is 15.5. The maximum atomic E-state index is 12.6. The molecule has 0 aliphatic heterocycles. The molecule has 0 aromatic carbocycles.